The molecule has 0 fully saturated rings. The van der Waals surface area contributed by atoms with Crippen molar-refractivity contribution in [1.29, 1.82) is 0 Å². The van der Waals surface area contributed by atoms with E-state index in [0.29, 0.717) is 32.1 Å². The van der Waals surface area contributed by atoms with Gasteiger partial charge in [-0.05, 0) is 161 Å². The Kier molecular flexibility index (Phi) is 71.2. The van der Waals surface area contributed by atoms with E-state index in [1.54, 1.807) is 0 Å². The number of esters is 4. The Labute approximate surface area is 628 Å². The minimum atomic E-state index is -5.01. The molecular weight excluding hydrogens is 1350 g/mol. The highest BCUT2D eigenvalue weighted by molar-refractivity contribution is 7.47. The molecule has 5 atom stereocenters. The minimum absolute atomic E-state index is 0.0249. The van der Waals surface area contributed by atoms with E-state index in [1.807, 2.05) is 18.2 Å². The van der Waals surface area contributed by atoms with Crippen molar-refractivity contribution in [3.63, 3.8) is 0 Å². The van der Waals surface area contributed by atoms with Crippen LogP contribution in [0.1, 0.15) is 272 Å². The Balaban J connectivity index is 5.48. The molecule has 0 aliphatic carbocycles. The van der Waals surface area contributed by atoms with Gasteiger partial charge in [0.1, 0.15) is 19.3 Å². The van der Waals surface area contributed by atoms with Crippen molar-refractivity contribution in [2.24, 2.45) is 0 Å². The average molecular weight is 1490 g/mol. The van der Waals surface area contributed by atoms with Gasteiger partial charge in [-0.1, -0.05) is 268 Å². The summed E-state index contributed by atoms with van der Waals surface area (Å²) < 4.78 is 68.4. The molecule has 3 N–H and O–H groups in total. The van der Waals surface area contributed by atoms with Crippen molar-refractivity contribution in [3.8, 4) is 0 Å². The molecular formula is C85H136O17P2. The summed E-state index contributed by atoms with van der Waals surface area (Å²) in [6.45, 7) is 4.25. The van der Waals surface area contributed by atoms with Gasteiger partial charge in [-0.2, -0.15) is 0 Å². The van der Waals surface area contributed by atoms with Crippen molar-refractivity contribution in [2.75, 3.05) is 39.6 Å². The van der Waals surface area contributed by atoms with Crippen LogP contribution in [0.5, 0.6) is 0 Å². The normalized spacial score (nSPS) is 14.9. The van der Waals surface area contributed by atoms with E-state index in [2.05, 4.69) is 192 Å². The van der Waals surface area contributed by atoms with Gasteiger partial charge in [-0.15, -0.1) is 0 Å². The number of carbonyl (C=O) groups is 4. The number of aliphatic hydroxyl groups excluding tert-OH is 1. The van der Waals surface area contributed by atoms with Gasteiger partial charge in [0.15, 0.2) is 12.2 Å². The Morgan fingerprint density at radius 1 is 0.269 bits per heavy atom. The second-order valence-corrected chi connectivity index (χ2v) is 28.0. The summed E-state index contributed by atoms with van der Waals surface area (Å²) in [4.78, 5) is 73.0. The molecule has 0 radical (unpaired) electrons. The first-order valence-corrected chi connectivity index (χ1v) is 42.0. The number of unbranched alkanes of at least 4 members (excludes halogenated alkanes) is 15. The first kappa shape index (κ1) is 98.2. The molecule has 17 nitrogen and oxygen atoms in total. The molecule has 0 heterocycles. The quantitative estimate of drug-likeness (QED) is 0.0169. The lowest BCUT2D eigenvalue weighted by atomic mass is 10.1. The average Bonchev–Trinajstić information content (AvgIpc) is 0.918. The van der Waals surface area contributed by atoms with Gasteiger partial charge < -0.3 is 33.8 Å². The molecule has 0 saturated carbocycles. The number of aliphatic hydroxyl groups is 1. The lowest BCUT2D eigenvalue weighted by Crippen LogP contribution is -2.30. The van der Waals surface area contributed by atoms with Crippen LogP contribution in [0, 0.1) is 0 Å². The molecule has 0 rings (SSSR count). The van der Waals surface area contributed by atoms with E-state index < -0.39 is 97.5 Å². The number of phosphoric acid groups is 2. The first-order chi connectivity index (χ1) is 50.7. The van der Waals surface area contributed by atoms with E-state index in [0.717, 1.165) is 186 Å². The third kappa shape index (κ3) is 74.4. The second-order valence-electron chi connectivity index (χ2n) is 25.1. The highest BCUT2D eigenvalue weighted by Crippen LogP contribution is 2.45. The molecule has 104 heavy (non-hydrogen) atoms. The van der Waals surface area contributed by atoms with Crippen molar-refractivity contribution < 1.29 is 80.2 Å². The van der Waals surface area contributed by atoms with Gasteiger partial charge in [0, 0.05) is 25.7 Å². The Bertz CT molecular complexity index is 2690. The van der Waals surface area contributed by atoms with Crippen LogP contribution in [0.15, 0.2) is 182 Å². The molecule has 0 saturated heterocycles. The number of allylic oxidation sites excluding steroid dienone is 30. The van der Waals surface area contributed by atoms with E-state index in [4.69, 9.17) is 37.0 Å². The summed E-state index contributed by atoms with van der Waals surface area (Å²) in [6, 6.07) is 0. The summed E-state index contributed by atoms with van der Waals surface area (Å²) >= 11 is 0. The van der Waals surface area contributed by atoms with Gasteiger partial charge in [0.05, 0.1) is 26.4 Å². The highest BCUT2D eigenvalue weighted by Gasteiger charge is 2.30. The fraction of sp³-hybridized carbons (Fsp3) is 0.600. The number of ether oxygens (including phenoxy) is 4. The predicted molar refractivity (Wildman–Crippen MR) is 426 cm³/mol. The summed E-state index contributed by atoms with van der Waals surface area (Å²) in [5.41, 5.74) is 0. The van der Waals surface area contributed by atoms with Crippen molar-refractivity contribution >= 4 is 39.5 Å². The van der Waals surface area contributed by atoms with Gasteiger partial charge in [0.25, 0.3) is 0 Å². The van der Waals surface area contributed by atoms with Gasteiger partial charge in [-0.3, -0.25) is 37.3 Å². The molecule has 0 aromatic carbocycles. The first-order valence-electron chi connectivity index (χ1n) is 39.0. The molecule has 5 unspecified atom stereocenters. The zero-order chi connectivity index (χ0) is 76.0. The van der Waals surface area contributed by atoms with E-state index in [1.165, 1.54) is 0 Å². The van der Waals surface area contributed by atoms with Crippen molar-refractivity contribution in [2.45, 2.75) is 290 Å². The lowest BCUT2D eigenvalue weighted by molar-refractivity contribution is -0.161. The summed E-state index contributed by atoms with van der Waals surface area (Å²) in [6.07, 6.45) is 90.3. The van der Waals surface area contributed by atoms with Gasteiger partial charge in [-0.25, -0.2) is 9.13 Å². The fourth-order valence-corrected chi connectivity index (χ4v) is 11.2. The van der Waals surface area contributed by atoms with Crippen LogP contribution in [0.25, 0.3) is 0 Å². The van der Waals surface area contributed by atoms with Gasteiger partial charge in [0.2, 0.25) is 0 Å². The Morgan fingerprint density at radius 3 is 0.779 bits per heavy atom. The zero-order valence-corrected chi connectivity index (χ0v) is 65.9. The van der Waals surface area contributed by atoms with Crippen LogP contribution in [0.4, 0.5) is 0 Å². The number of phosphoric ester groups is 2. The predicted octanol–water partition coefficient (Wildman–Crippen LogP) is 22.8. The van der Waals surface area contributed by atoms with E-state index in [-0.39, 0.29) is 25.7 Å². The second kappa shape index (κ2) is 75.4. The maximum Gasteiger partial charge on any atom is 0.472 e. The number of hydrogen-bond donors (Lipinski definition) is 3. The van der Waals surface area contributed by atoms with Crippen molar-refractivity contribution in [1.82, 2.24) is 0 Å². The van der Waals surface area contributed by atoms with E-state index >= 15 is 0 Å². The van der Waals surface area contributed by atoms with Crippen LogP contribution in [0.3, 0.4) is 0 Å². The molecule has 19 heteroatoms. The Morgan fingerprint density at radius 2 is 0.490 bits per heavy atom. The smallest absolute Gasteiger partial charge is 0.462 e. The third-order valence-corrected chi connectivity index (χ3v) is 17.3. The highest BCUT2D eigenvalue weighted by atomic mass is 31.2. The van der Waals surface area contributed by atoms with Crippen LogP contribution < -0.4 is 0 Å². The molecule has 0 bridgehead atoms. The largest absolute Gasteiger partial charge is 0.472 e. The van der Waals surface area contributed by atoms with Crippen LogP contribution >= 0.6 is 15.6 Å². The SMILES string of the molecule is CC/C=C\C/C=C\C/C=C\C/C=C\C/C=C\C/C=C\CCC(=O)OCC(COP(=O)(O)OCC(O)COP(=O)(O)OCC(COC(=O)CCCCCCC/C=C\C/C=C\C/C=C\CC)OC(=O)CCCCCCC/C=C\C/C=C\C/C=C\CC)OC(=O)CCCCCCC/C=C\C/C=C\C/C=C\CC. The molecule has 0 amide bonds. The summed E-state index contributed by atoms with van der Waals surface area (Å²) in [7, 11) is -10.0. The van der Waals surface area contributed by atoms with Gasteiger partial charge >= 0.3 is 39.5 Å². The Hall–Kier alpha value is -5.84. The van der Waals surface area contributed by atoms with Crippen LogP contribution in [-0.2, 0) is 65.4 Å². The number of rotatable bonds is 71. The maximum atomic E-state index is 13.1. The van der Waals surface area contributed by atoms with Crippen molar-refractivity contribution in [3.05, 3.63) is 182 Å². The summed E-state index contributed by atoms with van der Waals surface area (Å²) in [5, 5.41) is 10.6. The minimum Gasteiger partial charge on any atom is -0.462 e. The maximum absolute atomic E-state index is 13.1. The van der Waals surface area contributed by atoms with E-state index in [9.17, 15) is 43.2 Å². The number of hydrogen-bond acceptors (Lipinski definition) is 15. The monoisotopic (exact) mass is 1490 g/mol. The summed E-state index contributed by atoms with van der Waals surface area (Å²) in [5.74, 6) is -2.35. The standard InChI is InChI=1S/C85H136O17P2/c1-5-9-13-17-21-25-29-33-37-38-39-40-44-46-50-54-58-62-66-70-83(88)96-76-81(102-85(90)72-68-64-60-56-52-48-43-36-32-28-24-20-16-12-8-4)78-100-104(93,94)98-74-79(86)73-97-103(91,92)99-77-80(101-84(89)71-67-63-59-55-51-47-42-35-31-27-23-19-15-11-7-3)75-95-82(87)69-65-61-57-53-49-45-41-34-30-26-22-18-14-10-6-2/h9-16,21-28,33-37,39-43,46,50,58,62,79-81,86H,5-8,17-20,29-32,38,44-45,47-49,51-57,59-61,63-78H2,1-4H3,(H,91,92)(H,93,94)/b13-9-,14-10-,15-11-,16-12-,25-21-,26-22-,27-23-,28-24-,37-33-,40-39-,41-34-,42-35-,43-36-,50-46-,62-58-. The molecule has 0 aromatic heterocycles. The molecule has 0 aliphatic heterocycles. The lowest BCUT2D eigenvalue weighted by Gasteiger charge is -2.21. The molecule has 0 aromatic rings. The van der Waals surface area contributed by atoms with Crippen LogP contribution in [0.2, 0.25) is 0 Å². The zero-order valence-electron chi connectivity index (χ0n) is 64.1. The topological polar surface area (TPSA) is 237 Å². The molecule has 0 spiro atoms. The van der Waals surface area contributed by atoms with Crippen LogP contribution in [-0.4, -0.2) is 96.7 Å². The third-order valence-electron chi connectivity index (χ3n) is 15.4. The molecule has 0 aliphatic rings. The number of carbonyl (C=O) groups excluding carboxylic acids is 4. The molecule has 588 valence electrons. The fourth-order valence-electron chi connectivity index (χ4n) is 9.58.